The van der Waals surface area contributed by atoms with Crippen LogP contribution < -0.4 is 10.6 Å². The highest BCUT2D eigenvalue weighted by molar-refractivity contribution is 6.35. The van der Waals surface area contributed by atoms with Crippen molar-refractivity contribution in [1.29, 1.82) is 0 Å². The van der Waals surface area contributed by atoms with Crippen LogP contribution in [0.15, 0.2) is 42.5 Å². The Morgan fingerprint density at radius 1 is 1.07 bits per heavy atom. The largest absolute Gasteiger partial charge is 0.455 e. The molecule has 0 saturated heterocycles. The minimum atomic E-state index is -0.586. The lowest BCUT2D eigenvalue weighted by Crippen LogP contribution is -2.25. The molecule has 0 unspecified atom stereocenters. The first kappa shape index (κ1) is 20.2. The van der Waals surface area contributed by atoms with E-state index in [4.69, 9.17) is 27.9 Å². The molecule has 1 aliphatic carbocycles. The van der Waals surface area contributed by atoms with E-state index in [0.717, 1.165) is 12.8 Å². The fourth-order valence-corrected chi connectivity index (χ4v) is 2.92. The molecule has 0 heterocycles. The SMILES string of the molecule is O=C(COC(=O)Cc1ccc(Cl)cc1Cl)Nc1cccc(C(=O)NC2CC2)c1. The summed E-state index contributed by atoms with van der Waals surface area (Å²) in [4.78, 5) is 36.0. The van der Waals surface area contributed by atoms with Gasteiger partial charge < -0.3 is 15.4 Å². The second kappa shape index (κ2) is 9.08. The van der Waals surface area contributed by atoms with Gasteiger partial charge in [0.15, 0.2) is 6.61 Å². The van der Waals surface area contributed by atoms with Gasteiger partial charge in [-0.2, -0.15) is 0 Å². The Labute approximate surface area is 172 Å². The average Bonchev–Trinajstić information content (AvgIpc) is 3.46. The molecule has 8 heteroatoms. The number of ether oxygens (including phenoxy) is 1. The Bertz CT molecular complexity index is 913. The molecule has 1 aliphatic rings. The molecule has 2 N–H and O–H groups in total. The number of anilines is 1. The van der Waals surface area contributed by atoms with Crippen LogP contribution in [-0.4, -0.2) is 30.4 Å². The van der Waals surface area contributed by atoms with E-state index in [0.29, 0.717) is 26.9 Å². The summed E-state index contributed by atoms with van der Waals surface area (Å²) in [6.45, 7) is -0.442. The maximum absolute atomic E-state index is 12.1. The lowest BCUT2D eigenvalue weighted by atomic mass is 10.1. The fourth-order valence-electron chi connectivity index (χ4n) is 2.45. The lowest BCUT2D eigenvalue weighted by Gasteiger charge is -2.09. The van der Waals surface area contributed by atoms with Crippen molar-refractivity contribution >= 4 is 46.7 Å². The zero-order valence-electron chi connectivity index (χ0n) is 14.8. The smallest absolute Gasteiger partial charge is 0.310 e. The summed E-state index contributed by atoms with van der Waals surface area (Å²) in [5.74, 6) is -1.27. The van der Waals surface area contributed by atoms with Gasteiger partial charge in [0.05, 0.1) is 6.42 Å². The molecule has 0 aromatic heterocycles. The zero-order valence-corrected chi connectivity index (χ0v) is 16.3. The van der Waals surface area contributed by atoms with Gasteiger partial charge in [0.25, 0.3) is 11.8 Å². The predicted octanol–water partition coefficient (Wildman–Crippen LogP) is 3.61. The number of hydrogen-bond donors (Lipinski definition) is 2. The molecule has 28 heavy (non-hydrogen) atoms. The number of carbonyl (C=O) groups excluding carboxylic acids is 3. The highest BCUT2D eigenvalue weighted by Gasteiger charge is 2.23. The fraction of sp³-hybridized carbons (Fsp3) is 0.250. The Balaban J connectivity index is 1.48. The molecule has 146 valence electrons. The molecule has 1 fully saturated rings. The third-order valence-electron chi connectivity index (χ3n) is 4.04. The van der Waals surface area contributed by atoms with Crippen LogP contribution in [0.1, 0.15) is 28.8 Å². The van der Waals surface area contributed by atoms with Gasteiger partial charge in [0, 0.05) is 27.3 Å². The van der Waals surface area contributed by atoms with E-state index >= 15 is 0 Å². The van der Waals surface area contributed by atoms with Crippen molar-refractivity contribution in [3.05, 3.63) is 63.6 Å². The first-order valence-corrected chi connectivity index (χ1v) is 9.46. The molecular weight excluding hydrogens is 403 g/mol. The van der Waals surface area contributed by atoms with E-state index in [1.54, 1.807) is 36.4 Å². The Kier molecular flexibility index (Phi) is 6.54. The molecule has 2 aromatic carbocycles. The van der Waals surface area contributed by atoms with E-state index in [1.165, 1.54) is 6.07 Å². The average molecular weight is 421 g/mol. The molecule has 1 saturated carbocycles. The summed E-state index contributed by atoms with van der Waals surface area (Å²) in [5.41, 5.74) is 1.47. The van der Waals surface area contributed by atoms with E-state index in [2.05, 4.69) is 10.6 Å². The number of amides is 2. The Hall–Kier alpha value is -2.57. The van der Waals surface area contributed by atoms with Gasteiger partial charge in [-0.25, -0.2) is 0 Å². The van der Waals surface area contributed by atoms with E-state index in [9.17, 15) is 14.4 Å². The van der Waals surface area contributed by atoms with Gasteiger partial charge in [-0.05, 0) is 48.7 Å². The minimum absolute atomic E-state index is 0.0693. The van der Waals surface area contributed by atoms with Crippen molar-refractivity contribution < 1.29 is 19.1 Å². The second-order valence-electron chi connectivity index (χ2n) is 6.45. The molecule has 2 amide bonds. The van der Waals surface area contributed by atoms with Crippen LogP contribution in [0.5, 0.6) is 0 Å². The number of benzene rings is 2. The second-order valence-corrected chi connectivity index (χ2v) is 7.29. The van der Waals surface area contributed by atoms with E-state index in [-0.39, 0.29) is 18.4 Å². The van der Waals surface area contributed by atoms with Crippen molar-refractivity contribution in [2.45, 2.75) is 25.3 Å². The molecule has 0 atom stereocenters. The highest BCUT2D eigenvalue weighted by Crippen LogP contribution is 2.22. The van der Waals surface area contributed by atoms with Crippen LogP contribution >= 0.6 is 23.2 Å². The Morgan fingerprint density at radius 2 is 1.86 bits per heavy atom. The molecular formula is C20H18Cl2N2O4. The zero-order chi connectivity index (χ0) is 20.1. The molecule has 0 radical (unpaired) electrons. The van der Waals surface area contributed by atoms with Crippen molar-refractivity contribution in [1.82, 2.24) is 5.32 Å². The number of carbonyl (C=O) groups is 3. The van der Waals surface area contributed by atoms with Gasteiger partial charge in [-0.15, -0.1) is 0 Å². The van der Waals surface area contributed by atoms with Crippen molar-refractivity contribution in [2.75, 3.05) is 11.9 Å². The van der Waals surface area contributed by atoms with Gasteiger partial charge in [-0.1, -0.05) is 35.3 Å². The van der Waals surface area contributed by atoms with E-state index in [1.807, 2.05) is 0 Å². The predicted molar refractivity (Wildman–Crippen MR) is 107 cm³/mol. The summed E-state index contributed by atoms with van der Waals surface area (Å²) in [7, 11) is 0. The quantitative estimate of drug-likeness (QED) is 0.669. The van der Waals surface area contributed by atoms with Crippen molar-refractivity contribution in [3.63, 3.8) is 0 Å². The molecule has 3 rings (SSSR count). The standard InChI is InChI=1S/C20H18Cl2N2O4/c21-14-5-4-12(17(22)10-14)9-19(26)28-11-18(25)23-16-3-1-2-13(8-16)20(27)24-15-6-7-15/h1-5,8,10,15H,6-7,9,11H2,(H,23,25)(H,24,27). The normalized spacial score (nSPS) is 12.9. The third-order valence-corrected chi connectivity index (χ3v) is 4.62. The molecule has 0 bridgehead atoms. The summed E-state index contributed by atoms with van der Waals surface area (Å²) >= 11 is 11.8. The molecule has 0 aliphatic heterocycles. The maximum atomic E-state index is 12.1. The Morgan fingerprint density at radius 3 is 2.57 bits per heavy atom. The maximum Gasteiger partial charge on any atom is 0.310 e. The highest BCUT2D eigenvalue weighted by atomic mass is 35.5. The minimum Gasteiger partial charge on any atom is -0.455 e. The molecule has 2 aromatic rings. The lowest BCUT2D eigenvalue weighted by molar-refractivity contribution is -0.146. The van der Waals surface area contributed by atoms with Crippen LogP contribution in [0.4, 0.5) is 5.69 Å². The van der Waals surface area contributed by atoms with Gasteiger partial charge in [-0.3, -0.25) is 14.4 Å². The van der Waals surface area contributed by atoms with Crippen LogP contribution in [0.2, 0.25) is 10.0 Å². The van der Waals surface area contributed by atoms with Crippen LogP contribution in [0.3, 0.4) is 0 Å². The summed E-state index contributed by atoms with van der Waals surface area (Å²) in [6.07, 6.45) is 1.92. The number of rotatable bonds is 7. The summed E-state index contributed by atoms with van der Waals surface area (Å²) < 4.78 is 4.98. The van der Waals surface area contributed by atoms with Crippen LogP contribution in [-0.2, 0) is 20.7 Å². The monoisotopic (exact) mass is 420 g/mol. The number of hydrogen-bond acceptors (Lipinski definition) is 4. The number of esters is 1. The van der Waals surface area contributed by atoms with Crippen molar-refractivity contribution in [2.24, 2.45) is 0 Å². The first-order valence-electron chi connectivity index (χ1n) is 8.71. The third kappa shape index (κ3) is 5.97. The van der Waals surface area contributed by atoms with Gasteiger partial charge >= 0.3 is 5.97 Å². The van der Waals surface area contributed by atoms with Crippen molar-refractivity contribution in [3.8, 4) is 0 Å². The number of nitrogens with one attached hydrogen (secondary N) is 2. The van der Waals surface area contributed by atoms with Crippen LogP contribution in [0.25, 0.3) is 0 Å². The number of halogens is 2. The van der Waals surface area contributed by atoms with E-state index < -0.39 is 18.5 Å². The van der Waals surface area contributed by atoms with Crippen LogP contribution in [0, 0.1) is 0 Å². The molecule has 0 spiro atoms. The first-order chi connectivity index (χ1) is 13.4. The van der Waals surface area contributed by atoms with Gasteiger partial charge in [0.1, 0.15) is 0 Å². The molecule has 6 nitrogen and oxygen atoms in total. The van der Waals surface area contributed by atoms with Gasteiger partial charge in [0.2, 0.25) is 0 Å². The summed E-state index contributed by atoms with van der Waals surface area (Å²) in [5, 5.41) is 6.31. The topological polar surface area (TPSA) is 84.5 Å². The summed E-state index contributed by atoms with van der Waals surface area (Å²) in [6, 6.07) is 11.6.